The van der Waals surface area contributed by atoms with Crippen molar-refractivity contribution in [3.63, 3.8) is 0 Å². The van der Waals surface area contributed by atoms with Gasteiger partial charge in [-0.2, -0.15) is 0 Å². The smallest absolute Gasteiger partial charge is 0.305 e. The van der Waals surface area contributed by atoms with Crippen LogP contribution in [-0.4, -0.2) is 47.4 Å². The zero-order valence-corrected chi connectivity index (χ0v) is 46.7. The predicted molar refractivity (Wildman–Crippen MR) is 306 cm³/mol. The van der Waals surface area contributed by atoms with E-state index in [0.29, 0.717) is 19.4 Å². The van der Waals surface area contributed by atoms with Crippen LogP contribution in [0.25, 0.3) is 0 Å². The molecule has 2 atom stereocenters. The highest BCUT2D eigenvalue weighted by Gasteiger charge is 2.18. The third-order valence-corrected chi connectivity index (χ3v) is 14.1. The SMILES string of the molecule is CCCCCCC/C=C\CCCCCCCC(=O)OCCCCC/C=C\C=C/CCCCCCCCCCCCC(=O)NC(CO)C(O)/C=C/CCCCCCCCCCCCCCCCCCCC. The molecule has 0 aliphatic heterocycles. The van der Waals surface area contributed by atoms with Crippen LogP contribution in [0.1, 0.15) is 322 Å². The number of aliphatic hydroxyl groups is 2. The Morgan fingerprint density at radius 1 is 0.400 bits per heavy atom. The van der Waals surface area contributed by atoms with Gasteiger partial charge in [-0.05, 0) is 89.9 Å². The minimum absolute atomic E-state index is 0.0228. The van der Waals surface area contributed by atoms with Crippen LogP contribution in [0.3, 0.4) is 0 Å². The van der Waals surface area contributed by atoms with E-state index in [4.69, 9.17) is 4.74 Å². The summed E-state index contributed by atoms with van der Waals surface area (Å²) in [5, 5.41) is 23.2. The zero-order valence-electron chi connectivity index (χ0n) is 46.7. The molecule has 0 bridgehead atoms. The van der Waals surface area contributed by atoms with Crippen molar-refractivity contribution in [2.45, 2.75) is 334 Å². The van der Waals surface area contributed by atoms with E-state index in [2.05, 4.69) is 55.6 Å². The standard InChI is InChI=1S/C64H119NO5/c1-3-5-7-9-11-13-15-17-19-20-21-23-26-29-32-36-40-44-48-52-56-62(67)61(60-66)65-63(68)57-53-49-45-41-37-33-30-27-24-22-25-28-31-35-39-43-47-51-55-59-70-64(69)58-54-50-46-42-38-34-18-16-14-12-10-8-6-4-2/h16,18,28,31,35,39,52,56,61-62,66-67H,3-15,17,19-27,29-30,32-34,36-38,40-51,53-55,57-60H2,1-2H3,(H,65,68)/b18-16-,31-28-,39-35-,56-52+. The normalized spacial score (nSPS) is 12.9. The molecule has 0 saturated carbocycles. The molecule has 0 aromatic heterocycles. The third kappa shape index (κ3) is 55.1. The topological polar surface area (TPSA) is 95.9 Å². The van der Waals surface area contributed by atoms with Gasteiger partial charge in [-0.15, -0.1) is 0 Å². The van der Waals surface area contributed by atoms with Crippen molar-refractivity contribution in [3.05, 3.63) is 48.6 Å². The molecule has 0 heterocycles. The molecule has 410 valence electrons. The fourth-order valence-electron chi connectivity index (χ4n) is 9.33. The van der Waals surface area contributed by atoms with Crippen LogP contribution in [-0.2, 0) is 14.3 Å². The lowest BCUT2D eigenvalue weighted by atomic mass is 10.0. The van der Waals surface area contributed by atoms with Gasteiger partial charge in [0.15, 0.2) is 0 Å². The highest BCUT2D eigenvalue weighted by Crippen LogP contribution is 2.17. The molecule has 0 rings (SSSR count). The van der Waals surface area contributed by atoms with E-state index in [1.54, 1.807) is 6.08 Å². The number of amides is 1. The zero-order chi connectivity index (χ0) is 50.7. The van der Waals surface area contributed by atoms with Crippen LogP contribution in [0.5, 0.6) is 0 Å². The molecule has 70 heavy (non-hydrogen) atoms. The van der Waals surface area contributed by atoms with Crippen molar-refractivity contribution >= 4 is 11.9 Å². The number of carbonyl (C=O) groups excluding carboxylic acids is 2. The highest BCUT2D eigenvalue weighted by atomic mass is 16.5. The van der Waals surface area contributed by atoms with E-state index in [-0.39, 0.29) is 18.5 Å². The average molecular weight is 983 g/mol. The van der Waals surface area contributed by atoms with Gasteiger partial charge in [-0.1, -0.05) is 268 Å². The van der Waals surface area contributed by atoms with E-state index >= 15 is 0 Å². The second-order valence-corrected chi connectivity index (χ2v) is 21.1. The maximum Gasteiger partial charge on any atom is 0.305 e. The van der Waals surface area contributed by atoms with Gasteiger partial charge in [0, 0.05) is 12.8 Å². The summed E-state index contributed by atoms with van der Waals surface area (Å²) in [7, 11) is 0. The minimum Gasteiger partial charge on any atom is -0.466 e. The largest absolute Gasteiger partial charge is 0.466 e. The molecule has 0 radical (unpaired) electrons. The Balaban J connectivity index is 3.52. The van der Waals surface area contributed by atoms with Crippen molar-refractivity contribution < 1.29 is 24.5 Å². The number of hydrogen-bond acceptors (Lipinski definition) is 5. The van der Waals surface area contributed by atoms with Crippen molar-refractivity contribution in [1.29, 1.82) is 0 Å². The van der Waals surface area contributed by atoms with Crippen LogP contribution in [0.4, 0.5) is 0 Å². The van der Waals surface area contributed by atoms with Gasteiger partial charge in [0.2, 0.25) is 5.91 Å². The van der Waals surface area contributed by atoms with Crippen molar-refractivity contribution in [3.8, 4) is 0 Å². The molecule has 1 amide bonds. The summed E-state index contributed by atoms with van der Waals surface area (Å²) >= 11 is 0. The molecular formula is C64H119NO5. The fraction of sp³-hybridized carbons (Fsp3) is 0.844. The number of allylic oxidation sites excluding steroid dienone is 7. The van der Waals surface area contributed by atoms with Gasteiger partial charge in [-0.3, -0.25) is 9.59 Å². The number of nitrogens with one attached hydrogen (secondary N) is 1. The number of aliphatic hydroxyl groups excluding tert-OH is 2. The molecule has 3 N–H and O–H groups in total. The molecule has 0 fully saturated rings. The fourth-order valence-corrected chi connectivity index (χ4v) is 9.33. The van der Waals surface area contributed by atoms with Gasteiger partial charge in [0.05, 0.1) is 25.4 Å². The number of carbonyl (C=O) groups is 2. The Kier molecular flexibility index (Phi) is 57.5. The van der Waals surface area contributed by atoms with Gasteiger partial charge < -0.3 is 20.3 Å². The van der Waals surface area contributed by atoms with E-state index < -0.39 is 12.1 Å². The van der Waals surface area contributed by atoms with Crippen molar-refractivity contribution in [2.75, 3.05) is 13.2 Å². The summed E-state index contributed by atoms with van der Waals surface area (Å²) < 4.78 is 5.45. The molecule has 0 saturated heterocycles. The molecule has 0 aliphatic rings. The van der Waals surface area contributed by atoms with Gasteiger partial charge in [0.1, 0.15) is 0 Å². The van der Waals surface area contributed by atoms with Crippen LogP contribution < -0.4 is 5.32 Å². The first-order valence-corrected chi connectivity index (χ1v) is 30.9. The number of esters is 1. The van der Waals surface area contributed by atoms with Gasteiger partial charge in [-0.25, -0.2) is 0 Å². The number of rotatable bonds is 57. The Bertz CT molecular complexity index is 1180. The quantitative estimate of drug-likeness (QED) is 0.0244. The summed E-state index contributed by atoms with van der Waals surface area (Å²) in [6.07, 6.45) is 75.7. The molecule has 6 heteroatoms. The van der Waals surface area contributed by atoms with E-state index in [9.17, 15) is 19.8 Å². The summed E-state index contributed by atoms with van der Waals surface area (Å²) in [5.74, 6) is -0.0992. The highest BCUT2D eigenvalue weighted by molar-refractivity contribution is 5.76. The van der Waals surface area contributed by atoms with Crippen LogP contribution >= 0.6 is 0 Å². The summed E-state index contributed by atoms with van der Waals surface area (Å²) in [5.41, 5.74) is 0. The molecule has 0 aromatic rings. The molecule has 0 aromatic carbocycles. The number of hydrogen-bond donors (Lipinski definition) is 3. The molecule has 2 unspecified atom stereocenters. The maximum atomic E-state index is 12.5. The molecule has 6 nitrogen and oxygen atoms in total. The Labute approximate surface area is 436 Å². The second kappa shape index (κ2) is 59.4. The van der Waals surface area contributed by atoms with Crippen molar-refractivity contribution in [2.24, 2.45) is 0 Å². The van der Waals surface area contributed by atoms with Gasteiger partial charge >= 0.3 is 5.97 Å². The first-order valence-electron chi connectivity index (χ1n) is 30.9. The number of unbranched alkanes of at least 4 members (excludes halogenated alkanes) is 41. The Hall–Kier alpha value is -2.18. The molecule has 0 aliphatic carbocycles. The first-order chi connectivity index (χ1) is 34.5. The lowest BCUT2D eigenvalue weighted by Crippen LogP contribution is -2.45. The summed E-state index contributed by atoms with van der Waals surface area (Å²) in [6.45, 7) is 4.86. The summed E-state index contributed by atoms with van der Waals surface area (Å²) in [4.78, 5) is 24.5. The Morgan fingerprint density at radius 3 is 1.10 bits per heavy atom. The van der Waals surface area contributed by atoms with Crippen LogP contribution in [0.15, 0.2) is 48.6 Å². The predicted octanol–water partition coefficient (Wildman–Crippen LogP) is 19.4. The molecule has 0 spiro atoms. The second-order valence-electron chi connectivity index (χ2n) is 21.1. The lowest BCUT2D eigenvalue weighted by molar-refractivity contribution is -0.143. The van der Waals surface area contributed by atoms with E-state index in [1.807, 2.05) is 6.08 Å². The third-order valence-electron chi connectivity index (χ3n) is 14.1. The van der Waals surface area contributed by atoms with Crippen LogP contribution in [0.2, 0.25) is 0 Å². The van der Waals surface area contributed by atoms with E-state index in [0.717, 1.165) is 77.0 Å². The Morgan fingerprint density at radius 2 is 0.714 bits per heavy atom. The van der Waals surface area contributed by atoms with Gasteiger partial charge in [0.25, 0.3) is 0 Å². The first kappa shape index (κ1) is 67.8. The van der Waals surface area contributed by atoms with Crippen molar-refractivity contribution in [1.82, 2.24) is 5.32 Å². The minimum atomic E-state index is -0.853. The maximum absolute atomic E-state index is 12.5. The monoisotopic (exact) mass is 982 g/mol. The molecular weight excluding hydrogens is 863 g/mol. The van der Waals surface area contributed by atoms with E-state index in [1.165, 1.54) is 218 Å². The number of ether oxygens (including phenoxy) is 1. The van der Waals surface area contributed by atoms with Crippen LogP contribution in [0, 0.1) is 0 Å². The lowest BCUT2D eigenvalue weighted by Gasteiger charge is -2.20. The average Bonchev–Trinajstić information content (AvgIpc) is 3.36. The summed E-state index contributed by atoms with van der Waals surface area (Å²) in [6, 6.07) is -0.637.